The number of hydrogen-bond donors (Lipinski definition) is 0. The van der Waals surface area contributed by atoms with Crippen molar-refractivity contribution in [2.45, 2.75) is 27.7 Å². The van der Waals surface area contributed by atoms with Gasteiger partial charge >= 0.3 is 0 Å². The highest BCUT2D eigenvalue weighted by molar-refractivity contribution is 5.80. The SMILES string of the molecule is CC(C)C.Cc1cncc2ncccc12. The number of fused-ring (bicyclic) bond motifs is 1. The van der Waals surface area contributed by atoms with Crippen LogP contribution in [0.5, 0.6) is 0 Å². The second kappa shape index (κ2) is 5.44. The lowest BCUT2D eigenvalue weighted by atomic mass is 10.2. The van der Waals surface area contributed by atoms with E-state index >= 15 is 0 Å². The minimum absolute atomic E-state index is 0.833. The largest absolute Gasteiger partial charge is 0.262 e. The predicted molar refractivity (Wildman–Crippen MR) is 64.8 cm³/mol. The molecule has 0 saturated heterocycles. The molecule has 0 bridgehead atoms. The van der Waals surface area contributed by atoms with Crippen LogP contribution in [0, 0.1) is 12.8 Å². The molecule has 0 N–H and O–H groups in total. The summed E-state index contributed by atoms with van der Waals surface area (Å²) in [4.78, 5) is 8.23. The standard InChI is InChI=1S/C9H8N2.C4H10/c1-7-5-10-6-9-8(7)3-2-4-11-9;1-4(2)3/h2-6H,1H3;4H,1-3H3. The smallest absolute Gasteiger partial charge is 0.0887 e. The summed E-state index contributed by atoms with van der Waals surface area (Å²) >= 11 is 0. The van der Waals surface area contributed by atoms with Gasteiger partial charge in [-0.1, -0.05) is 26.8 Å². The molecule has 0 radical (unpaired) electrons. The number of pyridine rings is 2. The van der Waals surface area contributed by atoms with Crippen LogP contribution in [-0.4, -0.2) is 9.97 Å². The second-order valence-electron chi connectivity index (χ2n) is 4.26. The Hall–Kier alpha value is -1.44. The van der Waals surface area contributed by atoms with E-state index in [-0.39, 0.29) is 0 Å². The number of nitrogens with zero attached hydrogens (tertiary/aromatic N) is 2. The molecule has 0 aromatic carbocycles. The van der Waals surface area contributed by atoms with E-state index < -0.39 is 0 Å². The molecule has 80 valence electrons. The molecule has 0 fully saturated rings. The molecule has 15 heavy (non-hydrogen) atoms. The fourth-order valence-electron chi connectivity index (χ4n) is 1.14. The number of hydrogen-bond acceptors (Lipinski definition) is 2. The van der Waals surface area contributed by atoms with Crippen LogP contribution in [-0.2, 0) is 0 Å². The molecule has 0 aliphatic rings. The van der Waals surface area contributed by atoms with Crippen molar-refractivity contribution in [2.75, 3.05) is 0 Å². The van der Waals surface area contributed by atoms with Gasteiger partial charge in [0.25, 0.3) is 0 Å². The van der Waals surface area contributed by atoms with Gasteiger partial charge in [-0.25, -0.2) is 0 Å². The molecule has 2 rings (SSSR count). The monoisotopic (exact) mass is 202 g/mol. The van der Waals surface area contributed by atoms with E-state index in [0.717, 1.165) is 11.4 Å². The van der Waals surface area contributed by atoms with Gasteiger partial charge in [-0.05, 0) is 24.5 Å². The Kier molecular flexibility index (Phi) is 4.22. The molecule has 0 aliphatic heterocycles. The summed E-state index contributed by atoms with van der Waals surface area (Å²) in [6.45, 7) is 8.54. The summed E-state index contributed by atoms with van der Waals surface area (Å²) in [5, 5.41) is 1.18. The maximum atomic E-state index is 4.18. The van der Waals surface area contributed by atoms with E-state index in [4.69, 9.17) is 0 Å². The van der Waals surface area contributed by atoms with Crippen LogP contribution >= 0.6 is 0 Å². The van der Waals surface area contributed by atoms with Crippen LogP contribution < -0.4 is 0 Å². The number of aromatic nitrogens is 2. The highest BCUT2D eigenvalue weighted by atomic mass is 14.7. The van der Waals surface area contributed by atoms with Crippen LogP contribution in [0.25, 0.3) is 10.9 Å². The van der Waals surface area contributed by atoms with Crippen molar-refractivity contribution in [3.8, 4) is 0 Å². The third-order valence-electron chi connectivity index (χ3n) is 1.73. The number of rotatable bonds is 0. The molecule has 0 atom stereocenters. The van der Waals surface area contributed by atoms with Gasteiger partial charge in [-0.3, -0.25) is 9.97 Å². The third kappa shape index (κ3) is 3.66. The Morgan fingerprint density at radius 2 is 1.80 bits per heavy atom. The van der Waals surface area contributed by atoms with Gasteiger partial charge in [0.2, 0.25) is 0 Å². The zero-order valence-corrected chi connectivity index (χ0v) is 9.86. The van der Waals surface area contributed by atoms with Gasteiger partial charge in [0.05, 0.1) is 11.7 Å². The van der Waals surface area contributed by atoms with Crippen LogP contribution in [0.4, 0.5) is 0 Å². The second-order valence-corrected chi connectivity index (χ2v) is 4.26. The number of aryl methyl sites for hydroxylation is 1. The summed E-state index contributed by atoms with van der Waals surface area (Å²) in [7, 11) is 0. The summed E-state index contributed by atoms with van der Waals surface area (Å²) in [5.41, 5.74) is 2.14. The van der Waals surface area contributed by atoms with Crippen molar-refractivity contribution in [3.05, 3.63) is 36.3 Å². The molecule has 0 spiro atoms. The van der Waals surface area contributed by atoms with E-state index in [1.165, 1.54) is 10.9 Å². The Balaban J connectivity index is 0.000000245. The third-order valence-corrected chi connectivity index (χ3v) is 1.73. The molecule has 0 amide bonds. The molecule has 0 saturated carbocycles. The lowest BCUT2D eigenvalue weighted by molar-refractivity contribution is 0.737. The molecule has 2 nitrogen and oxygen atoms in total. The van der Waals surface area contributed by atoms with E-state index in [1.807, 2.05) is 19.2 Å². The average Bonchev–Trinajstić information content (AvgIpc) is 2.18. The molecule has 2 heteroatoms. The maximum absolute atomic E-state index is 4.18. The summed E-state index contributed by atoms with van der Waals surface area (Å²) in [6.07, 6.45) is 5.41. The van der Waals surface area contributed by atoms with Crippen LogP contribution in [0.2, 0.25) is 0 Å². The lowest BCUT2D eigenvalue weighted by Gasteiger charge is -1.97. The molecule has 2 aromatic rings. The molecular formula is C13H18N2. The van der Waals surface area contributed by atoms with Gasteiger partial charge in [0, 0.05) is 17.8 Å². The minimum Gasteiger partial charge on any atom is -0.262 e. The minimum atomic E-state index is 0.833. The van der Waals surface area contributed by atoms with Crippen molar-refractivity contribution in [1.82, 2.24) is 9.97 Å². The highest BCUT2D eigenvalue weighted by Gasteiger charge is 1.94. The van der Waals surface area contributed by atoms with Gasteiger partial charge in [0.15, 0.2) is 0 Å². The van der Waals surface area contributed by atoms with E-state index in [9.17, 15) is 0 Å². The Morgan fingerprint density at radius 1 is 1.13 bits per heavy atom. The summed E-state index contributed by atoms with van der Waals surface area (Å²) in [6, 6.07) is 3.99. The van der Waals surface area contributed by atoms with Gasteiger partial charge in [-0.15, -0.1) is 0 Å². The molecule has 0 unspecified atom stereocenters. The zero-order valence-electron chi connectivity index (χ0n) is 9.86. The van der Waals surface area contributed by atoms with Gasteiger partial charge < -0.3 is 0 Å². The van der Waals surface area contributed by atoms with Crippen LogP contribution in [0.3, 0.4) is 0 Å². The van der Waals surface area contributed by atoms with E-state index in [1.54, 1.807) is 12.4 Å². The Morgan fingerprint density at radius 3 is 2.40 bits per heavy atom. The van der Waals surface area contributed by atoms with Gasteiger partial charge in [0.1, 0.15) is 0 Å². The van der Waals surface area contributed by atoms with Crippen LogP contribution in [0.15, 0.2) is 30.7 Å². The van der Waals surface area contributed by atoms with Crippen molar-refractivity contribution >= 4 is 10.9 Å². The Bertz CT molecular complexity index is 414. The topological polar surface area (TPSA) is 25.8 Å². The summed E-state index contributed by atoms with van der Waals surface area (Å²) < 4.78 is 0. The van der Waals surface area contributed by atoms with Gasteiger partial charge in [-0.2, -0.15) is 0 Å². The van der Waals surface area contributed by atoms with Crippen molar-refractivity contribution in [1.29, 1.82) is 0 Å². The van der Waals surface area contributed by atoms with Crippen LogP contribution in [0.1, 0.15) is 26.3 Å². The first-order valence-corrected chi connectivity index (χ1v) is 5.26. The normalized spacial score (nSPS) is 9.93. The van der Waals surface area contributed by atoms with E-state index in [2.05, 4.69) is 36.8 Å². The zero-order chi connectivity index (χ0) is 11.3. The molecular weight excluding hydrogens is 184 g/mol. The van der Waals surface area contributed by atoms with Crippen molar-refractivity contribution in [3.63, 3.8) is 0 Å². The van der Waals surface area contributed by atoms with E-state index in [0.29, 0.717) is 0 Å². The molecule has 2 heterocycles. The molecule has 2 aromatic heterocycles. The highest BCUT2D eigenvalue weighted by Crippen LogP contribution is 2.12. The molecule has 0 aliphatic carbocycles. The lowest BCUT2D eigenvalue weighted by Crippen LogP contribution is -1.82. The first-order chi connectivity index (χ1) is 7.11. The maximum Gasteiger partial charge on any atom is 0.0887 e. The fourth-order valence-corrected chi connectivity index (χ4v) is 1.14. The predicted octanol–water partition coefficient (Wildman–Crippen LogP) is 3.60. The van der Waals surface area contributed by atoms with Crippen molar-refractivity contribution < 1.29 is 0 Å². The summed E-state index contributed by atoms with van der Waals surface area (Å²) in [5.74, 6) is 0.833. The Labute approximate surface area is 91.4 Å². The quantitative estimate of drug-likeness (QED) is 0.652. The average molecular weight is 202 g/mol. The first kappa shape index (κ1) is 11.6. The van der Waals surface area contributed by atoms with Crippen molar-refractivity contribution in [2.24, 2.45) is 5.92 Å². The first-order valence-electron chi connectivity index (χ1n) is 5.26. The fraction of sp³-hybridized carbons (Fsp3) is 0.385.